The normalized spacial score (nSPS) is 21.1. The molecule has 2 fully saturated rings. The summed E-state index contributed by atoms with van der Waals surface area (Å²) < 4.78 is 0. The fraction of sp³-hybridized carbons (Fsp3) is 0.588. The molecular weight excluding hydrogens is 246 g/mol. The van der Waals surface area contributed by atoms with Gasteiger partial charge in [-0.25, -0.2) is 0 Å². The van der Waals surface area contributed by atoms with Crippen molar-refractivity contribution >= 4 is 5.96 Å². The number of nitrogens with zero attached hydrogens (tertiary/aromatic N) is 1. The molecule has 0 amide bonds. The first-order chi connectivity index (χ1) is 9.82. The molecule has 2 aliphatic carbocycles. The first-order valence-corrected chi connectivity index (χ1v) is 7.93. The number of nitrogens with one attached hydrogen (secondary N) is 2. The smallest absolute Gasteiger partial charge is 0.191 e. The third-order valence-corrected chi connectivity index (χ3v) is 4.50. The number of hydrogen-bond donors (Lipinski definition) is 2. The maximum atomic E-state index is 4.86. The van der Waals surface area contributed by atoms with Gasteiger partial charge in [-0.05, 0) is 38.2 Å². The van der Waals surface area contributed by atoms with Crippen LogP contribution in [0.5, 0.6) is 0 Å². The summed E-state index contributed by atoms with van der Waals surface area (Å²) in [6.07, 6.45) is 6.44. The van der Waals surface area contributed by atoms with Crippen molar-refractivity contribution in [3.05, 3.63) is 35.9 Å². The van der Waals surface area contributed by atoms with Gasteiger partial charge in [-0.15, -0.1) is 0 Å². The van der Waals surface area contributed by atoms with E-state index in [1.807, 2.05) is 0 Å². The second-order valence-electron chi connectivity index (χ2n) is 6.11. The molecule has 0 bridgehead atoms. The van der Waals surface area contributed by atoms with E-state index in [2.05, 4.69) is 47.9 Å². The zero-order valence-electron chi connectivity index (χ0n) is 12.4. The molecule has 0 radical (unpaired) electrons. The molecule has 0 unspecified atom stereocenters. The van der Waals surface area contributed by atoms with E-state index < -0.39 is 0 Å². The van der Waals surface area contributed by atoms with Crippen molar-refractivity contribution < 1.29 is 0 Å². The highest BCUT2D eigenvalue weighted by Gasteiger charge is 2.38. The van der Waals surface area contributed by atoms with Crippen molar-refractivity contribution in [2.24, 2.45) is 4.99 Å². The van der Waals surface area contributed by atoms with Crippen LogP contribution in [0.3, 0.4) is 0 Å². The number of benzene rings is 1. The van der Waals surface area contributed by atoms with Crippen molar-refractivity contribution in [3.8, 4) is 0 Å². The molecule has 3 heteroatoms. The van der Waals surface area contributed by atoms with Gasteiger partial charge >= 0.3 is 0 Å². The van der Waals surface area contributed by atoms with Crippen molar-refractivity contribution in [2.45, 2.75) is 50.5 Å². The van der Waals surface area contributed by atoms with Gasteiger partial charge in [0.05, 0.1) is 6.54 Å². The third kappa shape index (κ3) is 2.97. The highest BCUT2D eigenvalue weighted by atomic mass is 15.2. The average Bonchev–Trinajstić information content (AvgIpc) is 3.23. The third-order valence-electron chi connectivity index (χ3n) is 4.50. The Hall–Kier alpha value is -1.51. The minimum Gasteiger partial charge on any atom is -0.357 e. The summed E-state index contributed by atoms with van der Waals surface area (Å²) in [5.74, 6) is 0.997. The summed E-state index contributed by atoms with van der Waals surface area (Å²) in [6, 6.07) is 11.6. The van der Waals surface area contributed by atoms with Crippen molar-refractivity contribution in [1.29, 1.82) is 0 Å². The number of guanidine groups is 1. The van der Waals surface area contributed by atoms with E-state index in [1.54, 1.807) is 0 Å². The highest BCUT2D eigenvalue weighted by Crippen LogP contribution is 2.43. The van der Waals surface area contributed by atoms with Crippen molar-refractivity contribution in [1.82, 2.24) is 10.6 Å². The van der Waals surface area contributed by atoms with Crippen LogP contribution in [0.2, 0.25) is 0 Å². The van der Waals surface area contributed by atoms with Gasteiger partial charge in [0, 0.05) is 18.0 Å². The van der Waals surface area contributed by atoms with E-state index in [0.717, 1.165) is 19.0 Å². The summed E-state index contributed by atoms with van der Waals surface area (Å²) in [5.41, 5.74) is 1.74. The van der Waals surface area contributed by atoms with Gasteiger partial charge < -0.3 is 10.6 Å². The van der Waals surface area contributed by atoms with E-state index in [-0.39, 0.29) is 5.41 Å². The first-order valence-electron chi connectivity index (χ1n) is 7.93. The zero-order valence-corrected chi connectivity index (χ0v) is 12.4. The standard InChI is InChI=1S/C17H25N3/c1-2-18-16(20-15-9-10-15)19-13-17(11-6-12-17)14-7-4-3-5-8-14/h3-5,7-8,15H,2,6,9-13H2,1H3,(H2,18,19,20). The van der Waals surface area contributed by atoms with Crippen molar-refractivity contribution in [3.63, 3.8) is 0 Å². The van der Waals surface area contributed by atoms with Crippen LogP contribution in [0.4, 0.5) is 0 Å². The van der Waals surface area contributed by atoms with E-state index in [0.29, 0.717) is 6.04 Å². The molecule has 1 aromatic carbocycles. The molecule has 1 aromatic rings. The summed E-state index contributed by atoms with van der Waals surface area (Å²) in [6.45, 7) is 3.95. The average molecular weight is 271 g/mol. The van der Waals surface area contributed by atoms with E-state index in [1.165, 1.54) is 37.7 Å². The second-order valence-corrected chi connectivity index (χ2v) is 6.11. The molecule has 2 N–H and O–H groups in total. The van der Waals surface area contributed by atoms with Gasteiger partial charge in [-0.2, -0.15) is 0 Å². The first kappa shape index (κ1) is 13.5. The minimum atomic E-state index is 0.285. The predicted octanol–water partition coefficient (Wildman–Crippen LogP) is 2.83. The van der Waals surface area contributed by atoms with Crippen molar-refractivity contribution in [2.75, 3.05) is 13.1 Å². The Labute approximate surface area is 121 Å². The molecule has 0 aliphatic heterocycles. The van der Waals surface area contributed by atoms with Gasteiger partial charge in [0.25, 0.3) is 0 Å². The molecule has 2 aliphatic rings. The Morgan fingerprint density at radius 3 is 2.55 bits per heavy atom. The quantitative estimate of drug-likeness (QED) is 0.638. The molecule has 3 nitrogen and oxygen atoms in total. The second kappa shape index (κ2) is 5.86. The summed E-state index contributed by atoms with van der Waals surface area (Å²) >= 11 is 0. The topological polar surface area (TPSA) is 36.4 Å². The fourth-order valence-corrected chi connectivity index (χ4v) is 2.90. The van der Waals surface area contributed by atoms with Crippen LogP contribution < -0.4 is 10.6 Å². The lowest BCUT2D eigenvalue weighted by molar-refractivity contribution is 0.253. The van der Waals surface area contributed by atoms with Gasteiger partial charge in [-0.3, -0.25) is 4.99 Å². The monoisotopic (exact) mass is 271 g/mol. The molecule has 2 saturated carbocycles. The largest absolute Gasteiger partial charge is 0.357 e. The Morgan fingerprint density at radius 2 is 2.00 bits per heavy atom. The Bertz CT molecular complexity index is 458. The van der Waals surface area contributed by atoms with E-state index >= 15 is 0 Å². The molecule has 0 spiro atoms. The highest BCUT2D eigenvalue weighted by molar-refractivity contribution is 5.80. The number of hydrogen-bond acceptors (Lipinski definition) is 1. The molecule has 0 aromatic heterocycles. The summed E-state index contributed by atoms with van der Waals surface area (Å²) in [5, 5.41) is 6.87. The maximum absolute atomic E-state index is 4.86. The lowest BCUT2D eigenvalue weighted by Crippen LogP contribution is -2.42. The molecule has 0 saturated heterocycles. The molecule has 0 heterocycles. The lowest BCUT2D eigenvalue weighted by Gasteiger charge is -2.41. The Morgan fingerprint density at radius 1 is 1.25 bits per heavy atom. The summed E-state index contributed by atoms with van der Waals surface area (Å²) in [4.78, 5) is 4.86. The number of aliphatic imine (C=N–C) groups is 1. The van der Waals surface area contributed by atoms with Gasteiger partial charge in [-0.1, -0.05) is 36.8 Å². The van der Waals surface area contributed by atoms with E-state index in [4.69, 9.17) is 4.99 Å². The molecule has 108 valence electrons. The molecule has 3 rings (SSSR count). The van der Waals surface area contributed by atoms with E-state index in [9.17, 15) is 0 Å². The molecular formula is C17H25N3. The van der Waals surface area contributed by atoms with Gasteiger partial charge in [0.1, 0.15) is 0 Å². The van der Waals surface area contributed by atoms with Crippen LogP contribution in [0, 0.1) is 0 Å². The van der Waals surface area contributed by atoms with Gasteiger partial charge in [0.2, 0.25) is 0 Å². The fourth-order valence-electron chi connectivity index (χ4n) is 2.90. The van der Waals surface area contributed by atoms with Crippen LogP contribution in [-0.2, 0) is 5.41 Å². The minimum absolute atomic E-state index is 0.285. The van der Waals surface area contributed by atoms with Crippen LogP contribution in [0.15, 0.2) is 35.3 Å². The maximum Gasteiger partial charge on any atom is 0.191 e. The Kier molecular flexibility index (Phi) is 3.95. The van der Waals surface area contributed by atoms with Crippen LogP contribution >= 0.6 is 0 Å². The van der Waals surface area contributed by atoms with Crippen LogP contribution in [0.1, 0.15) is 44.6 Å². The zero-order chi connectivity index (χ0) is 13.8. The predicted molar refractivity (Wildman–Crippen MR) is 84.1 cm³/mol. The van der Waals surface area contributed by atoms with Crippen LogP contribution in [0.25, 0.3) is 0 Å². The van der Waals surface area contributed by atoms with Gasteiger partial charge in [0.15, 0.2) is 5.96 Å². The van der Waals surface area contributed by atoms with Crippen LogP contribution in [-0.4, -0.2) is 25.1 Å². The molecule has 20 heavy (non-hydrogen) atoms. The summed E-state index contributed by atoms with van der Waals surface area (Å²) in [7, 11) is 0. The molecule has 0 atom stereocenters. The SMILES string of the molecule is CCNC(=NCC1(c2ccccc2)CCC1)NC1CC1. The lowest BCUT2D eigenvalue weighted by atomic mass is 9.64. The Balaban J connectivity index is 1.70. The number of rotatable bonds is 5.